The lowest BCUT2D eigenvalue weighted by Crippen LogP contribution is -2.35. The molecule has 6 nitrogen and oxygen atoms in total. The Morgan fingerprint density at radius 3 is 2.76 bits per heavy atom. The largest absolute Gasteiger partial charge is 0.382 e. The van der Waals surface area contributed by atoms with Gasteiger partial charge in [0.15, 0.2) is 5.82 Å². The molecule has 1 aromatic carbocycles. The second-order valence-corrected chi connectivity index (χ2v) is 5.83. The molecule has 4 N–H and O–H groups in total. The Bertz CT molecular complexity index is 850. The van der Waals surface area contributed by atoms with Gasteiger partial charge in [-0.2, -0.15) is 0 Å². The van der Waals surface area contributed by atoms with Gasteiger partial charge in [0, 0.05) is 11.9 Å². The van der Waals surface area contributed by atoms with Crippen LogP contribution in [0.2, 0.25) is 0 Å². The normalized spacial score (nSPS) is 12.1. The molecule has 0 atom stereocenters. The number of para-hydroxylation sites is 1. The molecule has 0 unspecified atom stereocenters. The molecule has 0 aliphatic heterocycles. The first-order valence-corrected chi connectivity index (χ1v) is 6.69. The molecule has 0 spiro atoms. The topological polar surface area (TPSA) is 99.8 Å². The number of aromatic nitrogens is 3. The van der Waals surface area contributed by atoms with Crippen molar-refractivity contribution in [3.63, 3.8) is 0 Å². The van der Waals surface area contributed by atoms with E-state index in [1.807, 2.05) is 42.7 Å². The van der Waals surface area contributed by atoms with Crippen molar-refractivity contribution in [3.8, 4) is 0 Å². The summed E-state index contributed by atoms with van der Waals surface area (Å²) >= 11 is 0. The summed E-state index contributed by atoms with van der Waals surface area (Å²) in [7, 11) is 0. The van der Waals surface area contributed by atoms with Crippen molar-refractivity contribution in [2.75, 3.05) is 5.73 Å². The van der Waals surface area contributed by atoms with Gasteiger partial charge in [0.1, 0.15) is 5.52 Å². The summed E-state index contributed by atoms with van der Waals surface area (Å²) in [4.78, 5) is 20.3. The van der Waals surface area contributed by atoms with Crippen LogP contribution in [0.1, 0.15) is 13.8 Å². The van der Waals surface area contributed by atoms with Crippen LogP contribution in [0, 0.1) is 5.41 Å². The standard InChI is InChI=1S/C15H17N5O/c1-15(2,14(17)21)7-20-8-18-11-12(20)9-5-3-4-6-10(9)19-13(11)16/h3-6,8H,7H2,1-2H3,(H2,16,19)(H2,17,21). The molecular formula is C15H17N5O. The number of nitrogens with two attached hydrogens (primary N) is 2. The van der Waals surface area contributed by atoms with Crippen molar-refractivity contribution in [2.45, 2.75) is 20.4 Å². The van der Waals surface area contributed by atoms with E-state index in [2.05, 4.69) is 9.97 Å². The maximum absolute atomic E-state index is 11.6. The maximum atomic E-state index is 11.6. The van der Waals surface area contributed by atoms with E-state index in [4.69, 9.17) is 11.5 Å². The van der Waals surface area contributed by atoms with Crippen molar-refractivity contribution >= 4 is 33.7 Å². The van der Waals surface area contributed by atoms with Crippen LogP contribution >= 0.6 is 0 Å². The lowest BCUT2D eigenvalue weighted by atomic mass is 9.92. The van der Waals surface area contributed by atoms with E-state index >= 15 is 0 Å². The van der Waals surface area contributed by atoms with Crippen LogP contribution < -0.4 is 11.5 Å². The SMILES string of the molecule is CC(C)(Cn1cnc2c(N)nc3ccccc3c21)C(N)=O. The second kappa shape index (κ2) is 4.44. The zero-order valence-electron chi connectivity index (χ0n) is 12.0. The van der Waals surface area contributed by atoms with E-state index in [1.54, 1.807) is 6.33 Å². The number of hydrogen-bond donors (Lipinski definition) is 2. The Kier molecular flexibility index (Phi) is 2.83. The highest BCUT2D eigenvalue weighted by molar-refractivity contribution is 6.06. The predicted octanol–water partition coefficient (Wildman–Crippen LogP) is 1.68. The Balaban J connectivity index is 2.28. The predicted molar refractivity (Wildman–Crippen MR) is 82.4 cm³/mol. The molecule has 0 fully saturated rings. The van der Waals surface area contributed by atoms with E-state index in [0.29, 0.717) is 17.9 Å². The minimum atomic E-state index is -0.674. The Morgan fingerprint density at radius 2 is 2.05 bits per heavy atom. The number of amides is 1. The molecule has 0 bridgehead atoms. The van der Waals surface area contributed by atoms with Crippen molar-refractivity contribution in [1.82, 2.24) is 14.5 Å². The number of hydrogen-bond acceptors (Lipinski definition) is 4. The molecular weight excluding hydrogens is 266 g/mol. The second-order valence-electron chi connectivity index (χ2n) is 5.83. The molecule has 108 valence electrons. The molecule has 2 aromatic heterocycles. The lowest BCUT2D eigenvalue weighted by molar-refractivity contribution is -0.126. The third-order valence-corrected chi connectivity index (χ3v) is 3.71. The molecule has 0 radical (unpaired) electrons. The number of carbonyl (C=O) groups is 1. The number of nitrogens with zero attached hydrogens (tertiary/aromatic N) is 3. The molecule has 0 aliphatic carbocycles. The average Bonchev–Trinajstić information content (AvgIpc) is 2.83. The first kappa shape index (κ1) is 13.4. The lowest BCUT2D eigenvalue weighted by Gasteiger charge is -2.21. The molecule has 1 amide bonds. The molecule has 6 heteroatoms. The van der Waals surface area contributed by atoms with Crippen molar-refractivity contribution in [3.05, 3.63) is 30.6 Å². The van der Waals surface area contributed by atoms with Crippen molar-refractivity contribution in [2.24, 2.45) is 11.1 Å². The van der Waals surface area contributed by atoms with Gasteiger partial charge >= 0.3 is 0 Å². The number of benzene rings is 1. The Morgan fingerprint density at radius 1 is 1.33 bits per heavy atom. The fraction of sp³-hybridized carbons (Fsp3) is 0.267. The summed E-state index contributed by atoms with van der Waals surface area (Å²) in [5, 5.41) is 0.958. The number of pyridine rings is 1. The Labute approximate surface area is 121 Å². The van der Waals surface area contributed by atoms with Gasteiger partial charge < -0.3 is 16.0 Å². The molecule has 0 saturated heterocycles. The zero-order valence-corrected chi connectivity index (χ0v) is 12.0. The van der Waals surface area contributed by atoms with Gasteiger partial charge in [-0.05, 0) is 19.9 Å². The van der Waals surface area contributed by atoms with Crippen molar-refractivity contribution in [1.29, 1.82) is 0 Å². The van der Waals surface area contributed by atoms with Gasteiger partial charge in [-0.1, -0.05) is 18.2 Å². The smallest absolute Gasteiger partial charge is 0.224 e. The van der Waals surface area contributed by atoms with Crippen LogP contribution in [-0.4, -0.2) is 20.4 Å². The third-order valence-electron chi connectivity index (χ3n) is 3.71. The minimum absolute atomic E-state index is 0.351. The van der Waals surface area contributed by atoms with E-state index in [-0.39, 0.29) is 5.91 Å². The third kappa shape index (κ3) is 2.08. The zero-order chi connectivity index (χ0) is 15.2. The number of imidazole rings is 1. The Hall–Kier alpha value is -2.63. The maximum Gasteiger partial charge on any atom is 0.224 e. The average molecular weight is 283 g/mol. The van der Waals surface area contributed by atoms with E-state index in [9.17, 15) is 4.79 Å². The van der Waals surface area contributed by atoms with Crippen LogP contribution in [0.15, 0.2) is 30.6 Å². The molecule has 0 aliphatic rings. The molecule has 2 heterocycles. The quantitative estimate of drug-likeness (QED) is 0.763. The summed E-state index contributed by atoms with van der Waals surface area (Å²) < 4.78 is 1.92. The van der Waals surface area contributed by atoms with E-state index < -0.39 is 5.41 Å². The van der Waals surface area contributed by atoms with Crippen LogP contribution in [0.25, 0.3) is 21.9 Å². The number of rotatable bonds is 3. The fourth-order valence-electron chi connectivity index (χ4n) is 2.43. The highest BCUT2D eigenvalue weighted by Gasteiger charge is 2.26. The minimum Gasteiger partial charge on any atom is -0.382 e. The van der Waals surface area contributed by atoms with Crippen LogP contribution in [0.5, 0.6) is 0 Å². The highest BCUT2D eigenvalue weighted by atomic mass is 16.1. The molecule has 0 saturated carbocycles. The molecule has 3 rings (SSSR count). The van der Waals surface area contributed by atoms with Gasteiger partial charge in [-0.3, -0.25) is 4.79 Å². The fourth-order valence-corrected chi connectivity index (χ4v) is 2.43. The van der Waals surface area contributed by atoms with Crippen LogP contribution in [-0.2, 0) is 11.3 Å². The van der Waals surface area contributed by atoms with E-state index in [0.717, 1.165) is 16.4 Å². The number of nitrogen functional groups attached to an aromatic ring is 1. The number of carbonyl (C=O) groups excluding carboxylic acids is 1. The number of anilines is 1. The van der Waals surface area contributed by atoms with E-state index in [1.165, 1.54) is 0 Å². The molecule has 3 aromatic rings. The highest BCUT2D eigenvalue weighted by Crippen LogP contribution is 2.29. The number of fused-ring (bicyclic) bond motifs is 3. The van der Waals surface area contributed by atoms with Crippen LogP contribution in [0.4, 0.5) is 5.82 Å². The summed E-state index contributed by atoms with van der Waals surface area (Å²) in [5.74, 6) is 0.0371. The summed E-state index contributed by atoms with van der Waals surface area (Å²) in [6, 6.07) is 7.73. The van der Waals surface area contributed by atoms with Gasteiger partial charge in [-0.25, -0.2) is 9.97 Å². The van der Waals surface area contributed by atoms with Crippen molar-refractivity contribution < 1.29 is 4.79 Å². The molecule has 21 heavy (non-hydrogen) atoms. The first-order valence-electron chi connectivity index (χ1n) is 6.69. The first-order chi connectivity index (χ1) is 9.90. The van der Waals surface area contributed by atoms with Gasteiger partial charge in [0.25, 0.3) is 0 Å². The summed E-state index contributed by atoms with van der Waals surface area (Å²) in [5.41, 5.74) is 13.1. The monoisotopic (exact) mass is 283 g/mol. The van der Waals surface area contributed by atoms with Gasteiger partial charge in [0.2, 0.25) is 5.91 Å². The number of primary amides is 1. The summed E-state index contributed by atoms with van der Waals surface area (Å²) in [6.45, 7) is 4.06. The van der Waals surface area contributed by atoms with Crippen LogP contribution in [0.3, 0.4) is 0 Å². The summed E-state index contributed by atoms with van der Waals surface area (Å²) in [6.07, 6.45) is 1.68. The van der Waals surface area contributed by atoms with Gasteiger partial charge in [0.05, 0.1) is 22.8 Å². The van der Waals surface area contributed by atoms with Gasteiger partial charge in [-0.15, -0.1) is 0 Å².